The standard InChI is InChI=1S/C24H18N2O6S4/c1-3-31-21(29)13-7-5-9-15(11-13)25-19(27)17(35-23(25)33)18-20(28)26(24(34)36-18)16-10-6-8-14(12-16)22(30)32-4-2/h5-12H,3-4H2,1-2H3. The van der Waals surface area contributed by atoms with Gasteiger partial charge in [-0.1, -0.05) is 60.1 Å². The molecular weight excluding hydrogens is 541 g/mol. The number of nitrogens with zero attached hydrogens (tertiary/aromatic N) is 2. The number of carbonyl (C=O) groups excluding carboxylic acids is 4. The number of ether oxygens (including phenoxy) is 2. The maximum atomic E-state index is 13.4. The fourth-order valence-electron chi connectivity index (χ4n) is 3.43. The van der Waals surface area contributed by atoms with E-state index in [2.05, 4.69) is 0 Å². The average molecular weight is 559 g/mol. The Morgan fingerprint density at radius 3 is 1.50 bits per heavy atom. The van der Waals surface area contributed by atoms with Crippen LogP contribution < -0.4 is 9.80 Å². The molecule has 2 aliphatic rings. The highest BCUT2D eigenvalue weighted by Crippen LogP contribution is 2.44. The van der Waals surface area contributed by atoms with Gasteiger partial charge in [0, 0.05) is 0 Å². The quantitative estimate of drug-likeness (QED) is 0.283. The van der Waals surface area contributed by atoms with Gasteiger partial charge in [0.05, 0.1) is 45.5 Å². The molecule has 2 heterocycles. The fraction of sp³-hybridized carbons (Fsp3) is 0.167. The molecule has 2 aromatic rings. The molecule has 12 heteroatoms. The van der Waals surface area contributed by atoms with Gasteiger partial charge in [0.1, 0.15) is 0 Å². The Morgan fingerprint density at radius 2 is 1.14 bits per heavy atom. The Bertz CT molecular complexity index is 1250. The van der Waals surface area contributed by atoms with Crippen LogP contribution in [0.15, 0.2) is 58.3 Å². The lowest BCUT2D eigenvalue weighted by molar-refractivity contribution is -0.115. The summed E-state index contributed by atoms with van der Waals surface area (Å²) >= 11 is 12.8. The predicted molar refractivity (Wildman–Crippen MR) is 147 cm³/mol. The highest BCUT2D eigenvalue weighted by Gasteiger charge is 2.43. The molecular formula is C24H18N2O6S4. The van der Waals surface area contributed by atoms with Crippen LogP contribution in [-0.2, 0) is 19.1 Å². The molecule has 0 aromatic heterocycles. The van der Waals surface area contributed by atoms with Gasteiger partial charge in [0.15, 0.2) is 8.64 Å². The van der Waals surface area contributed by atoms with E-state index in [1.807, 2.05) is 0 Å². The molecule has 36 heavy (non-hydrogen) atoms. The second-order valence-corrected chi connectivity index (χ2v) is 10.5. The minimum atomic E-state index is -0.518. The summed E-state index contributed by atoms with van der Waals surface area (Å²) in [6, 6.07) is 12.7. The van der Waals surface area contributed by atoms with Gasteiger partial charge in [-0.3, -0.25) is 19.4 Å². The molecule has 0 spiro atoms. The first-order valence-electron chi connectivity index (χ1n) is 10.7. The Balaban J connectivity index is 1.64. The lowest BCUT2D eigenvalue weighted by atomic mass is 10.2. The van der Waals surface area contributed by atoms with Crippen LogP contribution in [0.25, 0.3) is 0 Å². The SMILES string of the molecule is CCOC(=O)c1cccc(N2C(=O)C(=C3SC(=S)N(c4cccc(C(=O)OCC)c4)C3=O)SC2=S)c1. The molecule has 2 aromatic carbocycles. The first-order chi connectivity index (χ1) is 17.3. The van der Waals surface area contributed by atoms with Crippen molar-refractivity contribution in [3.8, 4) is 0 Å². The van der Waals surface area contributed by atoms with E-state index in [4.69, 9.17) is 33.9 Å². The average Bonchev–Trinajstić information content (AvgIpc) is 3.32. The predicted octanol–water partition coefficient (Wildman–Crippen LogP) is 4.68. The number of amides is 2. The summed E-state index contributed by atoms with van der Waals surface area (Å²) in [4.78, 5) is 53.8. The van der Waals surface area contributed by atoms with Crippen molar-refractivity contribution in [1.29, 1.82) is 0 Å². The molecule has 184 valence electrons. The highest BCUT2D eigenvalue weighted by atomic mass is 32.2. The van der Waals surface area contributed by atoms with Gasteiger partial charge in [-0.15, -0.1) is 0 Å². The van der Waals surface area contributed by atoms with Crippen molar-refractivity contribution in [3.05, 3.63) is 69.5 Å². The number of thiocarbonyl (C=S) groups is 2. The topological polar surface area (TPSA) is 93.2 Å². The third-order valence-corrected chi connectivity index (χ3v) is 7.85. The molecule has 8 nitrogen and oxygen atoms in total. The normalized spacial score (nSPS) is 17.7. The van der Waals surface area contributed by atoms with Gasteiger partial charge < -0.3 is 9.47 Å². The summed E-state index contributed by atoms with van der Waals surface area (Å²) in [6.07, 6.45) is 0. The molecule has 2 amide bonds. The van der Waals surface area contributed by atoms with E-state index in [-0.39, 0.29) is 42.8 Å². The third kappa shape index (κ3) is 4.94. The molecule has 0 bridgehead atoms. The second-order valence-electron chi connectivity index (χ2n) is 7.22. The summed E-state index contributed by atoms with van der Waals surface area (Å²) in [7, 11) is 0. The number of esters is 2. The van der Waals surface area contributed by atoms with E-state index in [1.165, 1.54) is 21.9 Å². The smallest absolute Gasteiger partial charge is 0.338 e. The van der Waals surface area contributed by atoms with Crippen LogP contribution in [0.3, 0.4) is 0 Å². The number of hydrogen-bond acceptors (Lipinski definition) is 10. The number of rotatable bonds is 6. The summed E-state index contributed by atoms with van der Waals surface area (Å²) < 4.78 is 10.5. The fourth-order valence-corrected chi connectivity index (χ4v) is 6.18. The molecule has 0 saturated carbocycles. The van der Waals surface area contributed by atoms with Crippen LogP contribution in [0.4, 0.5) is 11.4 Å². The minimum absolute atomic E-state index is 0.142. The van der Waals surface area contributed by atoms with Crippen molar-refractivity contribution < 1.29 is 28.7 Å². The van der Waals surface area contributed by atoms with E-state index in [0.717, 1.165) is 23.5 Å². The van der Waals surface area contributed by atoms with Crippen LogP contribution >= 0.6 is 48.0 Å². The number of hydrogen-bond donors (Lipinski definition) is 0. The Morgan fingerprint density at radius 1 is 0.750 bits per heavy atom. The Kier molecular flexibility index (Phi) is 7.88. The summed E-state index contributed by atoms with van der Waals surface area (Å²) in [5.41, 5.74) is 1.32. The maximum Gasteiger partial charge on any atom is 0.338 e. The molecule has 0 radical (unpaired) electrons. The van der Waals surface area contributed by atoms with Gasteiger partial charge in [-0.2, -0.15) is 0 Å². The first kappa shape index (κ1) is 26.0. The molecule has 0 atom stereocenters. The van der Waals surface area contributed by atoms with E-state index in [0.29, 0.717) is 11.4 Å². The van der Waals surface area contributed by atoms with Crippen LogP contribution in [0.5, 0.6) is 0 Å². The van der Waals surface area contributed by atoms with Gasteiger partial charge in [0.2, 0.25) is 0 Å². The van der Waals surface area contributed by atoms with Crippen LogP contribution in [-0.4, -0.2) is 45.6 Å². The Labute approximate surface area is 226 Å². The molecule has 2 fully saturated rings. The summed E-state index contributed by atoms with van der Waals surface area (Å²) in [5.74, 6) is -2.02. The zero-order valence-corrected chi connectivity index (χ0v) is 22.3. The maximum absolute atomic E-state index is 13.4. The molecule has 2 saturated heterocycles. The van der Waals surface area contributed by atoms with Gasteiger partial charge >= 0.3 is 11.9 Å². The summed E-state index contributed by atoms with van der Waals surface area (Å²) in [6.45, 7) is 3.84. The van der Waals surface area contributed by atoms with Crippen molar-refractivity contribution in [2.24, 2.45) is 0 Å². The van der Waals surface area contributed by atoms with Crippen molar-refractivity contribution in [2.75, 3.05) is 23.0 Å². The van der Waals surface area contributed by atoms with Crippen molar-refractivity contribution in [3.63, 3.8) is 0 Å². The van der Waals surface area contributed by atoms with Crippen molar-refractivity contribution in [2.45, 2.75) is 13.8 Å². The van der Waals surface area contributed by atoms with Gasteiger partial charge in [-0.05, 0) is 50.2 Å². The van der Waals surface area contributed by atoms with E-state index in [9.17, 15) is 19.2 Å². The van der Waals surface area contributed by atoms with E-state index in [1.54, 1.807) is 50.2 Å². The van der Waals surface area contributed by atoms with E-state index >= 15 is 0 Å². The molecule has 0 aliphatic carbocycles. The van der Waals surface area contributed by atoms with Gasteiger partial charge in [-0.25, -0.2) is 9.59 Å². The number of anilines is 2. The molecule has 0 N–H and O–H groups in total. The van der Waals surface area contributed by atoms with Crippen molar-refractivity contribution in [1.82, 2.24) is 0 Å². The number of thioether (sulfide) groups is 2. The van der Waals surface area contributed by atoms with Crippen LogP contribution in [0.2, 0.25) is 0 Å². The van der Waals surface area contributed by atoms with E-state index < -0.39 is 23.8 Å². The molecule has 2 aliphatic heterocycles. The zero-order chi connectivity index (χ0) is 26.0. The third-order valence-electron chi connectivity index (χ3n) is 4.98. The highest BCUT2D eigenvalue weighted by molar-refractivity contribution is 8.30. The zero-order valence-electron chi connectivity index (χ0n) is 19.0. The Hall–Kier alpha value is -3.06. The number of carbonyl (C=O) groups is 4. The van der Waals surface area contributed by atoms with Gasteiger partial charge in [0.25, 0.3) is 11.8 Å². The lowest BCUT2D eigenvalue weighted by Gasteiger charge is -2.16. The second kappa shape index (κ2) is 10.9. The first-order valence-corrected chi connectivity index (χ1v) is 13.1. The molecule has 4 rings (SSSR count). The minimum Gasteiger partial charge on any atom is -0.462 e. The monoisotopic (exact) mass is 558 g/mol. The summed E-state index contributed by atoms with van der Waals surface area (Å²) in [5, 5.41) is 0. The van der Waals surface area contributed by atoms with Crippen LogP contribution in [0.1, 0.15) is 34.6 Å². The number of benzene rings is 2. The van der Waals surface area contributed by atoms with Crippen molar-refractivity contribution >= 4 is 91.7 Å². The lowest BCUT2D eigenvalue weighted by Crippen LogP contribution is -2.29. The van der Waals surface area contributed by atoms with Crippen LogP contribution in [0, 0.1) is 0 Å². The largest absolute Gasteiger partial charge is 0.462 e. The molecule has 0 unspecified atom stereocenters.